The third-order valence-electron chi connectivity index (χ3n) is 6.86. The van der Waals surface area contributed by atoms with Gasteiger partial charge in [0.25, 0.3) is 0 Å². The highest BCUT2D eigenvalue weighted by Crippen LogP contribution is 2.52. The molecule has 0 atom stereocenters. The van der Waals surface area contributed by atoms with Crippen LogP contribution in [-0.4, -0.2) is 6.71 Å². The Kier molecular flexibility index (Phi) is 5.02. The molecule has 0 N–H and O–H groups in total. The zero-order chi connectivity index (χ0) is 18.9. The molecule has 1 fully saturated rings. The summed E-state index contributed by atoms with van der Waals surface area (Å²) in [4.78, 5) is 0. The Bertz CT molecular complexity index is 808. The van der Waals surface area contributed by atoms with E-state index < -0.39 is 0 Å². The molecule has 1 aliphatic heterocycles. The first-order valence-electron chi connectivity index (χ1n) is 9.86. The Morgan fingerprint density at radius 2 is 1.50 bits per heavy atom. The van der Waals surface area contributed by atoms with Gasteiger partial charge in [0.05, 0.1) is 11.6 Å². The number of benzene rings is 2. The topological polar surface area (TPSA) is 23.8 Å². The standard InChI is InChI=1S/C24H30BN/c1-6-21-14-20(13-18-7-9-19(15-26)10-8-18)11-12-22(21)25-16-23(2,3)24(4,5)17-25/h7-12,14H,6,13,16-17H2,1-5H3. The van der Waals surface area contributed by atoms with Crippen LogP contribution >= 0.6 is 0 Å². The van der Waals surface area contributed by atoms with Gasteiger partial charge in [0, 0.05) is 0 Å². The molecule has 0 aliphatic carbocycles. The van der Waals surface area contributed by atoms with Crippen molar-refractivity contribution in [3.8, 4) is 6.07 Å². The second kappa shape index (κ2) is 6.95. The summed E-state index contributed by atoms with van der Waals surface area (Å²) in [5, 5.41) is 8.94. The summed E-state index contributed by atoms with van der Waals surface area (Å²) in [7, 11) is 0. The SMILES string of the molecule is CCc1cc(Cc2ccc(C#N)cc2)ccc1B1CC(C)(C)C(C)(C)C1. The van der Waals surface area contributed by atoms with Crippen LogP contribution in [0.2, 0.25) is 12.6 Å². The normalized spacial score (nSPS) is 17.9. The first-order chi connectivity index (χ1) is 12.3. The lowest BCUT2D eigenvalue weighted by Crippen LogP contribution is -2.31. The molecule has 1 heterocycles. The molecule has 2 aromatic carbocycles. The van der Waals surface area contributed by atoms with Crippen molar-refractivity contribution in [2.24, 2.45) is 10.8 Å². The monoisotopic (exact) mass is 343 g/mol. The van der Waals surface area contributed by atoms with Gasteiger partial charge in [-0.05, 0) is 46.9 Å². The van der Waals surface area contributed by atoms with Crippen molar-refractivity contribution in [1.29, 1.82) is 5.26 Å². The summed E-state index contributed by atoms with van der Waals surface area (Å²) in [6, 6.07) is 17.3. The summed E-state index contributed by atoms with van der Waals surface area (Å²) in [6.07, 6.45) is 4.58. The quantitative estimate of drug-likeness (QED) is 0.675. The molecule has 0 amide bonds. The fraction of sp³-hybridized carbons (Fsp3) is 0.458. The van der Waals surface area contributed by atoms with E-state index in [0.29, 0.717) is 17.5 Å². The molecule has 0 aromatic heterocycles. The Labute approximate surface area is 159 Å². The third kappa shape index (κ3) is 3.59. The van der Waals surface area contributed by atoms with Gasteiger partial charge in [0.15, 0.2) is 6.71 Å². The molecule has 0 radical (unpaired) electrons. The minimum Gasteiger partial charge on any atom is -0.192 e. The Morgan fingerprint density at radius 3 is 2.04 bits per heavy atom. The van der Waals surface area contributed by atoms with Gasteiger partial charge in [-0.15, -0.1) is 0 Å². The molecule has 1 saturated heterocycles. The van der Waals surface area contributed by atoms with Gasteiger partial charge in [0.1, 0.15) is 0 Å². The third-order valence-corrected chi connectivity index (χ3v) is 6.86. The van der Waals surface area contributed by atoms with E-state index in [2.05, 4.69) is 71.0 Å². The maximum absolute atomic E-state index is 8.94. The predicted molar refractivity (Wildman–Crippen MR) is 112 cm³/mol. The van der Waals surface area contributed by atoms with Crippen LogP contribution in [0, 0.1) is 22.2 Å². The van der Waals surface area contributed by atoms with E-state index in [9.17, 15) is 0 Å². The molecule has 0 saturated carbocycles. The highest BCUT2D eigenvalue weighted by molar-refractivity contribution is 6.74. The Morgan fingerprint density at radius 1 is 0.923 bits per heavy atom. The molecule has 26 heavy (non-hydrogen) atoms. The van der Waals surface area contributed by atoms with E-state index in [-0.39, 0.29) is 0 Å². The second-order valence-corrected chi connectivity index (χ2v) is 9.25. The fourth-order valence-electron chi connectivity index (χ4n) is 4.48. The summed E-state index contributed by atoms with van der Waals surface area (Å²) in [5.74, 6) is 0. The number of aryl methyl sites for hydroxylation is 1. The highest BCUT2D eigenvalue weighted by atomic mass is 14.4. The van der Waals surface area contributed by atoms with Crippen LogP contribution in [0.4, 0.5) is 0 Å². The first-order valence-corrected chi connectivity index (χ1v) is 9.86. The van der Waals surface area contributed by atoms with Crippen LogP contribution in [0.1, 0.15) is 56.9 Å². The van der Waals surface area contributed by atoms with Gasteiger partial charge >= 0.3 is 0 Å². The van der Waals surface area contributed by atoms with Crippen LogP contribution in [0.15, 0.2) is 42.5 Å². The van der Waals surface area contributed by atoms with Gasteiger partial charge in [-0.25, -0.2) is 0 Å². The van der Waals surface area contributed by atoms with Gasteiger partial charge < -0.3 is 0 Å². The van der Waals surface area contributed by atoms with Crippen LogP contribution in [0.25, 0.3) is 0 Å². The molecule has 2 heteroatoms. The summed E-state index contributed by atoms with van der Waals surface area (Å²) >= 11 is 0. The lowest BCUT2D eigenvalue weighted by Gasteiger charge is -2.35. The van der Waals surface area contributed by atoms with Crippen molar-refractivity contribution in [3.63, 3.8) is 0 Å². The van der Waals surface area contributed by atoms with Crippen molar-refractivity contribution in [3.05, 3.63) is 64.7 Å². The number of hydrogen-bond donors (Lipinski definition) is 0. The zero-order valence-electron chi connectivity index (χ0n) is 16.9. The summed E-state index contributed by atoms with van der Waals surface area (Å²) in [6.45, 7) is 12.7. The maximum Gasteiger partial charge on any atom is 0.177 e. The van der Waals surface area contributed by atoms with Crippen LogP contribution in [0.5, 0.6) is 0 Å². The Balaban J connectivity index is 1.83. The van der Waals surface area contributed by atoms with Crippen molar-refractivity contribution >= 4 is 12.2 Å². The molecule has 3 rings (SSSR count). The molecule has 134 valence electrons. The first kappa shape index (κ1) is 18.8. The zero-order valence-corrected chi connectivity index (χ0v) is 16.9. The maximum atomic E-state index is 8.94. The lowest BCUT2D eigenvalue weighted by atomic mass is 9.41. The van der Waals surface area contributed by atoms with Crippen LogP contribution in [-0.2, 0) is 12.8 Å². The molecule has 2 aromatic rings. The molecule has 1 aliphatic rings. The van der Waals surface area contributed by atoms with Crippen molar-refractivity contribution < 1.29 is 0 Å². The smallest absolute Gasteiger partial charge is 0.177 e. The molecule has 0 bridgehead atoms. The van der Waals surface area contributed by atoms with Crippen molar-refractivity contribution in [2.75, 3.05) is 0 Å². The second-order valence-electron chi connectivity index (χ2n) is 9.25. The van der Waals surface area contributed by atoms with Crippen molar-refractivity contribution in [2.45, 2.75) is 60.1 Å². The van der Waals surface area contributed by atoms with E-state index in [4.69, 9.17) is 5.26 Å². The van der Waals surface area contributed by atoms with Gasteiger partial charge in [0.2, 0.25) is 0 Å². The largest absolute Gasteiger partial charge is 0.192 e. The highest BCUT2D eigenvalue weighted by Gasteiger charge is 2.48. The summed E-state index contributed by atoms with van der Waals surface area (Å²) < 4.78 is 0. The summed E-state index contributed by atoms with van der Waals surface area (Å²) in [5.41, 5.74) is 7.22. The average Bonchev–Trinajstić information content (AvgIpc) is 2.83. The molecule has 0 spiro atoms. The molecular weight excluding hydrogens is 313 g/mol. The Hall–Kier alpha value is -2.01. The van der Waals surface area contributed by atoms with E-state index in [1.54, 1.807) is 5.46 Å². The van der Waals surface area contributed by atoms with Crippen LogP contribution < -0.4 is 5.46 Å². The minimum absolute atomic E-state index is 0.393. The average molecular weight is 343 g/mol. The molecule has 0 unspecified atom stereocenters. The van der Waals surface area contributed by atoms with E-state index in [0.717, 1.165) is 18.4 Å². The van der Waals surface area contributed by atoms with Crippen molar-refractivity contribution in [1.82, 2.24) is 0 Å². The number of nitriles is 1. The van der Waals surface area contributed by atoms with Gasteiger partial charge in [-0.1, -0.05) is 88.6 Å². The molecular formula is C24H30BN. The molecule has 1 nitrogen and oxygen atoms in total. The lowest BCUT2D eigenvalue weighted by molar-refractivity contribution is 0.177. The minimum atomic E-state index is 0.393. The van der Waals surface area contributed by atoms with E-state index >= 15 is 0 Å². The predicted octanol–water partition coefficient (Wildman–Crippen LogP) is 5.48. The van der Waals surface area contributed by atoms with E-state index in [1.807, 2.05) is 12.1 Å². The fourth-order valence-corrected chi connectivity index (χ4v) is 4.48. The number of hydrogen-bond acceptors (Lipinski definition) is 1. The van der Waals surface area contributed by atoms with E-state index in [1.165, 1.54) is 29.3 Å². The number of nitrogens with zero attached hydrogens (tertiary/aromatic N) is 1. The van der Waals surface area contributed by atoms with Crippen LogP contribution in [0.3, 0.4) is 0 Å². The number of rotatable bonds is 4. The van der Waals surface area contributed by atoms with Gasteiger partial charge in [-0.3, -0.25) is 0 Å². The van der Waals surface area contributed by atoms with Gasteiger partial charge in [-0.2, -0.15) is 5.26 Å².